The molecule has 1 aromatic heterocycles. The molecule has 0 aliphatic rings. The van der Waals surface area contributed by atoms with Crippen LogP contribution >= 0.6 is 0 Å². The van der Waals surface area contributed by atoms with Crippen LogP contribution in [0.3, 0.4) is 0 Å². The van der Waals surface area contributed by atoms with Crippen LogP contribution in [-0.4, -0.2) is 25.8 Å². The Morgan fingerprint density at radius 1 is 1.47 bits per heavy atom. The van der Waals surface area contributed by atoms with Gasteiger partial charge in [-0.1, -0.05) is 19.6 Å². The molecule has 0 atom stereocenters. The fourth-order valence-electron chi connectivity index (χ4n) is 0.937. The molecule has 0 spiro atoms. The van der Waals surface area contributed by atoms with Crippen molar-refractivity contribution in [1.82, 2.24) is 4.98 Å². The first-order chi connectivity index (χ1) is 6.97. The van der Waals surface area contributed by atoms with Crippen molar-refractivity contribution in [3.05, 3.63) is 18.3 Å². The van der Waals surface area contributed by atoms with E-state index < -0.39 is 14.2 Å². The highest BCUT2D eigenvalue weighted by Gasteiger charge is 2.14. The third-order valence-electron chi connectivity index (χ3n) is 1.83. The smallest absolute Gasteiger partial charge is 0.434 e. The quantitative estimate of drug-likeness (QED) is 0.635. The summed E-state index contributed by atoms with van der Waals surface area (Å²) in [4.78, 5) is 13.9. The maximum absolute atomic E-state index is 11.1. The Balaban J connectivity index is 2.20. The summed E-state index contributed by atoms with van der Waals surface area (Å²) in [5.41, 5.74) is 0. The van der Waals surface area contributed by atoms with Gasteiger partial charge in [-0.15, -0.1) is 0 Å². The molecule has 4 nitrogen and oxygen atoms in total. The zero-order valence-corrected chi connectivity index (χ0v) is 10.4. The van der Waals surface area contributed by atoms with Crippen LogP contribution in [0.4, 0.5) is 4.79 Å². The molecule has 1 heterocycles. The van der Waals surface area contributed by atoms with Crippen LogP contribution in [0.5, 0.6) is 5.88 Å². The molecule has 0 saturated heterocycles. The molecule has 0 aliphatic carbocycles. The van der Waals surface area contributed by atoms with E-state index in [0.29, 0.717) is 12.5 Å². The molecule has 0 unspecified atom stereocenters. The maximum atomic E-state index is 11.1. The molecule has 0 fully saturated rings. The Hall–Kier alpha value is -1.23. The van der Waals surface area contributed by atoms with Crippen molar-refractivity contribution >= 4 is 14.2 Å². The largest absolute Gasteiger partial charge is 0.515 e. The van der Waals surface area contributed by atoms with E-state index in [1.165, 1.54) is 0 Å². The van der Waals surface area contributed by atoms with E-state index in [0.717, 1.165) is 6.04 Å². The molecule has 0 aliphatic heterocycles. The van der Waals surface area contributed by atoms with E-state index in [4.69, 9.17) is 9.47 Å². The fraction of sp³-hybridized carbons (Fsp3) is 0.500. The van der Waals surface area contributed by atoms with Gasteiger partial charge in [-0.05, 0) is 12.1 Å². The number of hydrogen-bond acceptors (Lipinski definition) is 3. The van der Waals surface area contributed by atoms with Gasteiger partial charge in [0.1, 0.15) is 0 Å². The summed E-state index contributed by atoms with van der Waals surface area (Å²) in [5.74, 6) is 0.410. The Labute approximate surface area is 90.6 Å². The lowest BCUT2D eigenvalue weighted by Gasteiger charge is -2.14. The van der Waals surface area contributed by atoms with Gasteiger partial charge in [0.15, 0.2) is 0 Å². The minimum atomic E-state index is -1.14. The van der Waals surface area contributed by atoms with Gasteiger partial charge in [-0.25, -0.2) is 4.79 Å². The van der Waals surface area contributed by atoms with Crippen LogP contribution in [0.1, 0.15) is 0 Å². The van der Waals surface area contributed by atoms with Gasteiger partial charge in [0.2, 0.25) is 5.88 Å². The maximum Gasteiger partial charge on any atom is 0.515 e. The van der Waals surface area contributed by atoms with E-state index in [2.05, 4.69) is 24.6 Å². The van der Waals surface area contributed by atoms with Crippen LogP contribution in [-0.2, 0) is 4.74 Å². The van der Waals surface area contributed by atoms with Gasteiger partial charge in [-0.2, -0.15) is 0 Å². The van der Waals surface area contributed by atoms with E-state index in [-0.39, 0.29) is 0 Å². The lowest BCUT2D eigenvalue weighted by molar-refractivity contribution is 0.102. The third kappa shape index (κ3) is 5.26. The number of ether oxygens (including phenoxy) is 2. The minimum absolute atomic E-state index is 0.410. The van der Waals surface area contributed by atoms with E-state index in [9.17, 15) is 4.79 Å². The molecule has 0 bridgehead atoms. The van der Waals surface area contributed by atoms with Crippen molar-refractivity contribution in [3.8, 4) is 5.88 Å². The molecule has 1 aromatic rings. The van der Waals surface area contributed by atoms with Crippen molar-refractivity contribution in [2.24, 2.45) is 0 Å². The van der Waals surface area contributed by atoms with Crippen LogP contribution in [0.25, 0.3) is 0 Å². The number of H-pyrrole nitrogens is 1. The van der Waals surface area contributed by atoms with Crippen molar-refractivity contribution in [3.63, 3.8) is 0 Å². The molecule has 15 heavy (non-hydrogen) atoms. The average molecular weight is 227 g/mol. The molecule has 0 saturated carbocycles. The normalized spacial score (nSPS) is 11.1. The van der Waals surface area contributed by atoms with Gasteiger partial charge in [-0.3, -0.25) is 0 Å². The van der Waals surface area contributed by atoms with Crippen molar-refractivity contribution in [2.45, 2.75) is 25.7 Å². The number of aromatic nitrogens is 1. The minimum Gasteiger partial charge on any atom is -0.434 e. The predicted octanol–water partition coefficient (Wildman–Crippen LogP) is 2.87. The monoisotopic (exact) mass is 227 g/mol. The highest BCUT2D eigenvalue weighted by Crippen LogP contribution is 2.09. The Bertz CT molecular complexity index is 303. The number of carbonyl (C=O) groups excluding carboxylic acids is 1. The summed E-state index contributed by atoms with van der Waals surface area (Å²) in [5, 5.41) is 0. The number of nitrogens with one attached hydrogen (secondary N) is 1. The van der Waals surface area contributed by atoms with E-state index in [1.807, 2.05) is 0 Å². The van der Waals surface area contributed by atoms with E-state index >= 15 is 0 Å². The second kappa shape index (κ2) is 5.02. The first-order valence-electron chi connectivity index (χ1n) is 4.95. The summed E-state index contributed by atoms with van der Waals surface area (Å²) >= 11 is 0. The van der Waals surface area contributed by atoms with Crippen LogP contribution < -0.4 is 4.74 Å². The van der Waals surface area contributed by atoms with Gasteiger partial charge < -0.3 is 14.5 Å². The fourth-order valence-corrected chi connectivity index (χ4v) is 1.65. The summed E-state index contributed by atoms with van der Waals surface area (Å²) in [6, 6.07) is 4.37. The zero-order valence-electron chi connectivity index (χ0n) is 9.37. The molecule has 0 amide bonds. The summed E-state index contributed by atoms with van der Waals surface area (Å²) in [6.45, 7) is 7.13. The SMILES string of the molecule is C[Si](C)(C)CCOC(=O)Oc1ccc[nH]1. The predicted molar refractivity (Wildman–Crippen MR) is 60.9 cm³/mol. The van der Waals surface area contributed by atoms with Gasteiger partial charge in [0, 0.05) is 20.3 Å². The molecule has 1 N–H and O–H groups in total. The highest BCUT2D eigenvalue weighted by molar-refractivity contribution is 6.76. The molecule has 1 rings (SSSR count). The molecule has 0 radical (unpaired) electrons. The van der Waals surface area contributed by atoms with Gasteiger partial charge >= 0.3 is 6.16 Å². The van der Waals surface area contributed by atoms with Crippen LogP contribution in [0, 0.1) is 0 Å². The second-order valence-corrected chi connectivity index (χ2v) is 10.2. The molecule has 84 valence electrons. The summed E-state index contributed by atoms with van der Waals surface area (Å²) in [6.07, 6.45) is 1.04. The number of rotatable bonds is 4. The summed E-state index contributed by atoms with van der Waals surface area (Å²) in [7, 11) is -1.14. The Kier molecular flexibility index (Phi) is 3.96. The van der Waals surface area contributed by atoms with Crippen LogP contribution in [0.15, 0.2) is 18.3 Å². The lowest BCUT2D eigenvalue weighted by atomic mass is 10.6. The first-order valence-corrected chi connectivity index (χ1v) is 8.66. The molecule has 5 heteroatoms. The van der Waals surface area contributed by atoms with Crippen molar-refractivity contribution in [1.29, 1.82) is 0 Å². The molecular formula is C10H17NO3Si. The summed E-state index contributed by atoms with van der Waals surface area (Å²) < 4.78 is 9.81. The lowest BCUT2D eigenvalue weighted by Crippen LogP contribution is -2.23. The number of carbonyl (C=O) groups is 1. The zero-order chi connectivity index (χ0) is 11.3. The highest BCUT2D eigenvalue weighted by atomic mass is 28.3. The Morgan fingerprint density at radius 2 is 2.20 bits per heavy atom. The second-order valence-electron chi connectivity index (χ2n) is 4.55. The van der Waals surface area contributed by atoms with Crippen molar-refractivity contribution in [2.75, 3.05) is 6.61 Å². The molecule has 0 aromatic carbocycles. The van der Waals surface area contributed by atoms with Gasteiger partial charge in [0.25, 0.3) is 0 Å². The first kappa shape index (κ1) is 11.8. The van der Waals surface area contributed by atoms with Crippen molar-refractivity contribution < 1.29 is 14.3 Å². The average Bonchev–Trinajstić information content (AvgIpc) is 2.54. The van der Waals surface area contributed by atoms with Gasteiger partial charge in [0.05, 0.1) is 6.61 Å². The van der Waals surface area contributed by atoms with E-state index in [1.54, 1.807) is 18.3 Å². The molecular weight excluding hydrogens is 210 g/mol. The van der Waals surface area contributed by atoms with Crippen LogP contribution in [0.2, 0.25) is 25.7 Å². The Morgan fingerprint density at radius 3 is 2.73 bits per heavy atom. The third-order valence-corrected chi connectivity index (χ3v) is 3.54. The standard InChI is InChI=1S/C10H17NO3Si/c1-15(2,3)8-7-13-10(12)14-9-5-4-6-11-9/h4-6,11H,7-8H2,1-3H3. The number of aromatic amines is 1. The number of hydrogen-bond donors (Lipinski definition) is 1. The topological polar surface area (TPSA) is 51.3 Å².